The van der Waals surface area contributed by atoms with Crippen molar-refractivity contribution in [2.24, 2.45) is 17.8 Å². The molecule has 1 fully saturated rings. The van der Waals surface area contributed by atoms with Gasteiger partial charge in [-0.1, -0.05) is 57.1 Å². The number of carbonyl (C=O) groups excluding carboxylic acids is 1. The number of carbonyl (C=O) groups is 1. The Bertz CT molecular complexity index is 570. The van der Waals surface area contributed by atoms with Crippen LogP contribution < -0.4 is 0 Å². The van der Waals surface area contributed by atoms with E-state index >= 15 is 0 Å². The van der Waals surface area contributed by atoms with Gasteiger partial charge in [-0.3, -0.25) is 0 Å². The molecule has 0 aromatic carbocycles. The quantitative estimate of drug-likeness (QED) is 0.240. The zero-order valence-electron chi connectivity index (χ0n) is 17.7. The van der Waals surface area contributed by atoms with Gasteiger partial charge in [0.05, 0.1) is 12.9 Å². The molecule has 1 rings (SSSR count). The second-order valence-corrected chi connectivity index (χ2v) is 7.98. The minimum atomic E-state index is -2.91. The van der Waals surface area contributed by atoms with Gasteiger partial charge in [0, 0.05) is 5.92 Å². The van der Waals surface area contributed by atoms with E-state index in [-0.39, 0.29) is 18.2 Å². The number of halogens is 1. The van der Waals surface area contributed by atoms with Crippen LogP contribution in [0.1, 0.15) is 64.7 Å². The van der Waals surface area contributed by atoms with Crippen molar-refractivity contribution >= 4 is 5.97 Å². The normalized spacial score (nSPS) is 22.3. The van der Waals surface area contributed by atoms with Gasteiger partial charge in [-0.15, -0.1) is 0 Å². The van der Waals surface area contributed by atoms with Crippen molar-refractivity contribution in [3.05, 3.63) is 36.7 Å². The molecule has 166 valence electrons. The molecule has 0 spiro atoms. The van der Waals surface area contributed by atoms with Crippen LogP contribution >= 0.6 is 0 Å². The fraction of sp³-hybridized carbons (Fsp3) is 0.696. The van der Waals surface area contributed by atoms with Crippen molar-refractivity contribution in [2.45, 2.75) is 76.6 Å². The summed E-state index contributed by atoms with van der Waals surface area (Å²) in [5.74, 6) is -3.62. The van der Waals surface area contributed by atoms with E-state index in [1.807, 2.05) is 6.08 Å². The first kappa shape index (κ1) is 25.5. The Morgan fingerprint density at radius 2 is 2.00 bits per heavy atom. The molecule has 1 unspecified atom stereocenters. The lowest BCUT2D eigenvalue weighted by Crippen LogP contribution is -2.50. The van der Waals surface area contributed by atoms with Gasteiger partial charge in [0.15, 0.2) is 0 Å². The molecule has 3 N–H and O–H groups in total. The Balaban J connectivity index is 2.49. The van der Waals surface area contributed by atoms with Crippen LogP contribution in [0.5, 0.6) is 0 Å². The van der Waals surface area contributed by atoms with Crippen molar-refractivity contribution in [3.8, 4) is 0 Å². The number of hydrogen-bond acceptors (Lipinski definition) is 5. The number of esters is 1. The number of allylic oxidation sites excluding steroid dienone is 4. The van der Waals surface area contributed by atoms with Gasteiger partial charge in [-0.25, -0.2) is 9.18 Å². The molecule has 0 aromatic rings. The summed E-state index contributed by atoms with van der Waals surface area (Å²) >= 11 is 0. The van der Waals surface area contributed by atoms with Crippen LogP contribution in [-0.2, 0) is 9.53 Å². The van der Waals surface area contributed by atoms with Crippen molar-refractivity contribution in [2.75, 3.05) is 7.11 Å². The smallest absolute Gasteiger partial charge is 0.369 e. The van der Waals surface area contributed by atoms with E-state index in [4.69, 9.17) is 0 Å². The molecule has 0 heterocycles. The first-order valence-electron chi connectivity index (χ1n) is 10.6. The zero-order chi connectivity index (χ0) is 21.9. The highest BCUT2D eigenvalue weighted by Gasteiger charge is 2.42. The van der Waals surface area contributed by atoms with E-state index in [0.717, 1.165) is 52.1 Å². The highest BCUT2D eigenvalue weighted by Crippen LogP contribution is 2.36. The predicted octanol–water partition coefficient (Wildman–Crippen LogP) is 4.19. The average molecular weight is 413 g/mol. The van der Waals surface area contributed by atoms with Gasteiger partial charge in [0.25, 0.3) is 5.79 Å². The maximum absolute atomic E-state index is 13.6. The molecule has 1 saturated carbocycles. The summed E-state index contributed by atoms with van der Waals surface area (Å²) in [5.41, 5.74) is 0. The molecule has 5 nitrogen and oxygen atoms in total. The Labute approximate surface area is 174 Å². The summed E-state index contributed by atoms with van der Waals surface area (Å²) < 4.78 is 17.8. The minimum absolute atomic E-state index is 0.0625. The van der Waals surface area contributed by atoms with E-state index in [9.17, 15) is 24.5 Å². The second-order valence-electron chi connectivity index (χ2n) is 7.98. The molecule has 1 aliphatic rings. The lowest BCUT2D eigenvalue weighted by atomic mass is 9.90. The minimum Gasteiger partial charge on any atom is -0.465 e. The number of rotatable bonds is 13. The lowest BCUT2D eigenvalue weighted by Gasteiger charge is -2.23. The summed E-state index contributed by atoms with van der Waals surface area (Å²) in [7, 11) is 1.02. The summed E-state index contributed by atoms with van der Waals surface area (Å²) in [6.07, 6.45) is 13.8. The van der Waals surface area contributed by atoms with E-state index in [1.165, 1.54) is 0 Å². The zero-order valence-corrected chi connectivity index (χ0v) is 17.7. The van der Waals surface area contributed by atoms with Gasteiger partial charge in [-0.05, 0) is 50.4 Å². The third kappa shape index (κ3) is 8.41. The van der Waals surface area contributed by atoms with E-state index in [0.29, 0.717) is 18.3 Å². The van der Waals surface area contributed by atoms with Gasteiger partial charge in [-0.2, -0.15) is 0 Å². The molecule has 0 bridgehead atoms. The second kappa shape index (κ2) is 12.9. The molecule has 1 aliphatic carbocycles. The summed E-state index contributed by atoms with van der Waals surface area (Å²) in [6.45, 7) is 5.57. The highest BCUT2D eigenvalue weighted by molar-refractivity contribution is 5.77. The van der Waals surface area contributed by atoms with Crippen LogP contribution in [0, 0.1) is 17.8 Å². The maximum atomic E-state index is 13.6. The van der Waals surface area contributed by atoms with E-state index < -0.39 is 17.9 Å². The summed E-state index contributed by atoms with van der Waals surface area (Å²) in [6, 6.07) is 0. The molecule has 29 heavy (non-hydrogen) atoms. The molecule has 0 amide bonds. The Hall–Kier alpha value is -1.50. The van der Waals surface area contributed by atoms with Crippen LogP contribution in [0.25, 0.3) is 0 Å². The van der Waals surface area contributed by atoms with Crippen LogP contribution in [-0.4, -0.2) is 40.3 Å². The Kier molecular flexibility index (Phi) is 11.4. The summed E-state index contributed by atoms with van der Waals surface area (Å²) in [5, 5.41) is 29.0. The topological polar surface area (TPSA) is 87.0 Å². The number of methoxy groups -OCH3 is 1. The third-order valence-electron chi connectivity index (χ3n) is 5.79. The molecule has 0 aliphatic heterocycles. The average Bonchev–Trinajstić information content (AvgIpc) is 3.13. The van der Waals surface area contributed by atoms with Gasteiger partial charge in [0.2, 0.25) is 0 Å². The van der Waals surface area contributed by atoms with Gasteiger partial charge < -0.3 is 20.1 Å². The van der Waals surface area contributed by atoms with E-state index in [1.54, 1.807) is 6.08 Å². The fourth-order valence-electron chi connectivity index (χ4n) is 3.83. The van der Waals surface area contributed by atoms with Crippen molar-refractivity contribution in [1.82, 2.24) is 0 Å². The van der Waals surface area contributed by atoms with Crippen LogP contribution in [0.4, 0.5) is 4.39 Å². The van der Waals surface area contributed by atoms with Crippen molar-refractivity contribution < 1.29 is 29.2 Å². The van der Waals surface area contributed by atoms with Crippen LogP contribution in [0.2, 0.25) is 0 Å². The maximum Gasteiger partial charge on any atom is 0.369 e. The number of unbranched alkanes of at least 4 members (excludes halogenated alkanes) is 1. The summed E-state index contributed by atoms with van der Waals surface area (Å²) in [4.78, 5) is 11.3. The largest absolute Gasteiger partial charge is 0.465 e. The number of ether oxygens (including phenoxy) is 1. The van der Waals surface area contributed by atoms with Crippen molar-refractivity contribution in [1.29, 1.82) is 0 Å². The predicted molar refractivity (Wildman–Crippen MR) is 111 cm³/mol. The molecule has 6 heteroatoms. The Morgan fingerprint density at radius 1 is 1.28 bits per heavy atom. The van der Waals surface area contributed by atoms with Crippen LogP contribution in [0.3, 0.4) is 0 Å². The molecular formula is C23H37FO5. The first-order valence-corrected chi connectivity index (χ1v) is 10.6. The first-order chi connectivity index (χ1) is 13.7. The van der Waals surface area contributed by atoms with Crippen molar-refractivity contribution in [3.63, 3.8) is 0 Å². The number of aliphatic hydroxyl groups excluding tert-OH is 1. The third-order valence-corrected chi connectivity index (χ3v) is 5.79. The number of hydrogen-bond donors (Lipinski definition) is 3. The fourth-order valence-corrected chi connectivity index (χ4v) is 3.83. The van der Waals surface area contributed by atoms with Gasteiger partial charge >= 0.3 is 5.97 Å². The van der Waals surface area contributed by atoms with Gasteiger partial charge in [0.1, 0.15) is 6.10 Å². The SMILES string of the molecule is C=C(F)[C@H](CC=C[C@H]1CCC[C@@H]1CC=CCC(O)C(O)(O)C(=O)OC)CCCC. The monoisotopic (exact) mass is 412 g/mol. The molecule has 4 atom stereocenters. The number of aliphatic hydroxyl groups is 3. The Morgan fingerprint density at radius 3 is 2.62 bits per heavy atom. The molecular weight excluding hydrogens is 375 g/mol. The molecule has 0 radical (unpaired) electrons. The highest BCUT2D eigenvalue weighted by atomic mass is 19.1. The van der Waals surface area contributed by atoms with Crippen LogP contribution in [0.15, 0.2) is 36.7 Å². The standard InChI is InChI=1S/C23H37FO5/c1-4-5-10-18(17(2)24)12-8-13-20-15-9-14-19(20)11-6-7-16-21(25)23(27,28)22(26)29-3/h6-8,13,18-21,25,27-28H,2,4-5,9-12,14-16H2,1,3H3/t18-,19-,20-,21?/m0/s1. The molecule has 0 aromatic heterocycles. The molecule has 0 saturated heterocycles. The lowest BCUT2D eigenvalue weighted by molar-refractivity contribution is -0.238. The van der Waals surface area contributed by atoms with E-state index in [2.05, 4.69) is 30.4 Å².